The number of aryl methyl sites for hydroxylation is 1. The lowest BCUT2D eigenvalue weighted by Gasteiger charge is -2.10. The summed E-state index contributed by atoms with van der Waals surface area (Å²) in [6, 6.07) is 4.75. The highest BCUT2D eigenvalue weighted by Gasteiger charge is 2.13. The minimum atomic E-state index is -0.234. The van der Waals surface area contributed by atoms with Crippen molar-refractivity contribution in [2.45, 2.75) is 19.9 Å². The van der Waals surface area contributed by atoms with Gasteiger partial charge in [0.15, 0.2) is 0 Å². The van der Waals surface area contributed by atoms with Gasteiger partial charge in [-0.2, -0.15) is 5.10 Å². The zero-order chi connectivity index (χ0) is 15.7. The molecule has 7 heteroatoms. The molecule has 3 rings (SSSR count). The molecule has 4 nitrogen and oxygen atoms in total. The van der Waals surface area contributed by atoms with Gasteiger partial charge in [-0.1, -0.05) is 0 Å². The lowest BCUT2D eigenvalue weighted by atomic mass is 10.2. The van der Waals surface area contributed by atoms with Gasteiger partial charge in [-0.15, -0.1) is 0 Å². The van der Waals surface area contributed by atoms with Crippen LogP contribution in [0.4, 0.5) is 4.39 Å². The highest BCUT2D eigenvalue weighted by Crippen LogP contribution is 2.24. The van der Waals surface area contributed by atoms with Crippen molar-refractivity contribution in [1.82, 2.24) is 19.3 Å². The SMILES string of the molecule is CCn1ncc(Cc2cncn2-c2ccc(F)cc2I)c1Br. The zero-order valence-electron chi connectivity index (χ0n) is 11.8. The van der Waals surface area contributed by atoms with Gasteiger partial charge in [0.2, 0.25) is 0 Å². The molecule has 22 heavy (non-hydrogen) atoms. The van der Waals surface area contributed by atoms with E-state index in [4.69, 9.17) is 0 Å². The third-order valence-electron chi connectivity index (χ3n) is 3.40. The molecule has 1 aromatic carbocycles. The van der Waals surface area contributed by atoms with Gasteiger partial charge in [-0.05, 0) is 63.6 Å². The van der Waals surface area contributed by atoms with Gasteiger partial charge in [0, 0.05) is 34.0 Å². The molecule has 0 aliphatic heterocycles. The third kappa shape index (κ3) is 2.96. The van der Waals surface area contributed by atoms with Crippen LogP contribution in [0.15, 0.2) is 41.5 Å². The van der Waals surface area contributed by atoms with Gasteiger partial charge >= 0.3 is 0 Å². The molecule has 0 unspecified atom stereocenters. The van der Waals surface area contributed by atoms with Crippen molar-refractivity contribution in [2.24, 2.45) is 0 Å². The summed E-state index contributed by atoms with van der Waals surface area (Å²) < 4.78 is 19.0. The van der Waals surface area contributed by atoms with Crippen LogP contribution in [0.25, 0.3) is 5.69 Å². The predicted molar refractivity (Wildman–Crippen MR) is 94.6 cm³/mol. The number of aromatic nitrogens is 4. The number of rotatable bonds is 4. The number of halogens is 3. The van der Waals surface area contributed by atoms with Crippen molar-refractivity contribution in [3.05, 3.63) is 62.2 Å². The molecule has 0 radical (unpaired) electrons. The van der Waals surface area contributed by atoms with Gasteiger partial charge in [-0.25, -0.2) is 9.37 Å². The second kappa shape index (κ2) is 6.49. The smallest absolute Gasteiger partial charge is 0.124 e. The van der Waals surface area contributed by atoms with E-state index in [-0.39, 0.29) is 5.82 Å². The van der Waals surface area contributed by atoms with E-state index in [9.17, 15) is 4.39 Å². The normalized spacial score (nSPS) is 11.1. The second-order valence-electron chi connectivity index (χ2n) is 4.80. The van der Waals surface area contributed by atoms with Crippen LogP contribution >= 0.6 is 38.5 Å². The van der Waals surface area contributed by atoms with Crippen LogP contribution in [0, 0.1) is 9.39 Å². The Morgan fingerprint density at radius 3 is 2.82 bits per heavy atom. The van der Waals surface area contributed by atoms with E-state index in [1.54, 1.807) is 12.4 Å². The monoisotopic (exact) mass is 474 g/mol. The lowest BCUT2D eigenvalue weighted by Crippen LogP contribution is -2.03. The highest BCUT2D eigenvalue weighted by atomic mass is 127. The largest absolute Gasteiger partial charge is 0.302 e. The van der Waals surface area contributed by atoms with Crippen LogP contribution in [0.3, 0.4) is 0 Å². The molecule has 0 amide bonds. The van der Waals surface area contributed by atoms with E-state index >= 15 is 0 Å². The van der Waals surface area contributed by atoms with E-state index in [1.165, 1.54) is 12.1 Å². The number of hydrogen-bond donors (Lipinski definition) is 0. The van der Waals surface area contributed by atoms with Crippen LogP contribution in [-0.4, -0.2) is 19.3 Å². The molecule has 2 heterocycles. The summed E-state index contributed by atoms with van der Waals surface area (Å²) >= 11 is 5.72. The first-order valence-corrected chi connectivity index (χ1v) is 8.64. The fourth-order valence-electron chi connectivity index (χ4n) is 2.29. The minimum Gasteiger partial charge on any atom is -0.302 e. The summed E-state index contributed by atoms with van der Waals surface area (Å²) in [4.78, 5) is 4.24. The fourth-order valence-corrected chi connectivity index (χ4v) is 3.61. The van der Waals surface area contributed by atoms with Crippen molar-refractivity contribution < 1.29 is 4.39 Å². The molecule has 0 aliphatic rings. The van der Waals surface area contributed by atoms with E-state index < -0.39 is 0 Å². The topological polar surface area (TPSA) is 35.6 Å². The molecule has 114 valence electrons. The first-order chi connectivity index (χ1) is 10.6. The molecule has 0 N–H and O–H groups in total. The summed E-state index contributed by atoms with van der Waals surface area (Å²) in [5.74, 6) is -0.234. The van der Waals surface area contributed by atoms with E-state index in [1.807, 2.05) is 28.6 Å². The highest BCUT2D eigenvalue weighted by molar-refractivity contribution is 14.1. The first kappa shape index (κ1) is 15.7. The van der Waals surface area contributed by atoms with Gasteiger partial charge in [-0.3, -0.25) is 4.68 Å². The van der Waals surface area contributed by atoms with Crippen molar-refractivity contribution >= 4 is 38.5 Å². The molecule has 0 atom stereocenters. The van der Waals surface area contributed by atoms with Crippen LogP contribution in [0.5, 0.6) is 0 Å². The maximum absolute atomic E-state index is 13.3. The molecule has 0 aliphatic carbocycles. The van der Waals surface area contributed by atoms with Crippen molar-refractivity contribution in [3.63, 3.8) is 0 Å². The van der Waals surface area contributed by atoms with Crippen molar-refractivity contribution in [2.75, 3.05) is 0 Å². The summed E-state index contributed by atoms with van der Waals surface area (Å²) in [5.41, 5.74) is 3.05. The molecule has 0 saturated heterocycles. The molecular formula is C15H13BrFIN4. The van der Waals surface area contributed by atoms with Crippen LogP contribution in [0.1, 0.15) is 18.2 Å². The van der Waals surface area contributed by atoms with E-state index in [2.05, 4.69) is 48.6 Å². The predicted octanol–water partition coefficient (Wildman–Crippen LogP) is 4.19. The zero-order valence-corrected chi connectivity index (χ0v) is 15.5. The molecule has 3 aromatic rings. The average molecular weight is 475 g/mol. The summed E-state index contributed by atoms with van der Waals surface area (Å²) in [6.07, 6.45) is 6.15. The lowest BCUT2D eigenvalue weighted by molar-refractivity contribution is 0.626. The fraction of sp³-hybridized carbons (Fsp3) is 0.200. The average Bonchev–Trinajstić information content (AvgIpc) is 3.07. The van der Waals surface area contributed by atoms with E-state index in [0.29, 0.717) is 6.42 Å². The number of nitrogens with zero attached hydrogens (tertiary/aromatic N) is 4. The molecule has 0 bridgehead atoms. The Kier molecular flexibility index (Phi) is 4.62. The molecule has 0 saturated carbocycles. The molecule has 0 spiro atoms. The maximum Gasteiger partial charge on any atom is 0.124 e. The Hall–Kier alpha value is -1.22. The standard InChI is InChI=1S/C15H13BrFIN4/c1-2-22-15(16)10(7-20-22)5-12-8-19-9-21(12)14-4-3-11(17)6-13(14)18/h3-4,6-9H,2,5H2,1H3. The first-order valence-electron chi connectivity index (χ1n) is 6.77. The third-order valence-corrected chi connectivity index (χ3v) is 5.18. The number of benzene rings is 1. The van der Waals surface area contributed by atoms with Gasteiger partial charge in [0.1, 0.15) is 10.4 Å². The second-order valence-corrected chi connectivity index (χ2v) is 6.72. The maximum atomic E-state index is 13.3. The Bertz CT molecular complexity index is 812. The summed E-state index contributed by atoms with van der Waals surface area (Å²) in [6.45, 7) is 2.86. The quantitative estimate of drug-likeness (QED) is 0.531. The summed E-state index contributed by atoms with van der Waals surface area (Å²) in [5, 5.41) is 4.34. The van der Waals surface area contributed by atoms with Gasteiger partial charge in [0.05, 0.1) is 18.2 Å². The van der Waals surface area contributed by atoms with Crippen LogP contribution < -0.4 is 0 Å². The Morgan fingerprint density at radius 1 is 1.32 bits per heavy atom. The van der Waals surface area contributed by atoms with Gasteiger partial charge < -0.3 is 4.57 Å². The summed E-state index contributed by atoms with van der Waals surface area (Å²) in [7, 11) is 0. The van der Waals surface area contributed by atoms with Crippen LogP contribution in [-0.2, 0) is 13.0 Å². The Morgan fingerprint density at radius 2 is 2.14 bits per heavy atom. The Balaban J connectivity index is 1.97. The van der Waals surface area contributed by atoms with Crippen molar-refractivity contribution in [1.29, 1.82) is 0 Å². The minimum absolute atomic E-state index is 0.234. The van der Waals surface area contributed by atoms with E-state index in [0.717, 1.165) is 31.7 Å². The van der Waals surface area contributed by atoms with Crippen LogP contribution in [0.2, 0.25) is 0 Å². The molecular weight excluding hydrogens is 462 g/mol. The number of hydrogen-bond acceptors (Lipinski definition) is 2. The van der Waals surface area contributed by atoms with Gasteiger partial charge in [0.25, 0.3) is 0 Å². The number of imidazole rings is 1. The molecule has 2 aromatic heterocycles. The van der Waals surface area contributed by atoms with Crippen molar-refractivity contribution in [3.8, 4) is 5.69 Å². The Labute approximate surface area is 149 Å². The molecule has 0 fully saturated rings.